The number of hydrogen-bond donors (Lipinski definition) is 3. The topological polar surface area (TPSA) is 92.5 Å². The van der Waals surface area contributed by atoms with Crippen LogP contribution in [-0.2, 0) is 0 Å². The molecule has 3 aromatic heterocycles. The van der Waals surface area contributed by atoms with Crippen molar-refractivity contribution >= 4 is 43.4 Å². The molecule has 1 aromatic carbocycles. The number of nitrogen functional groups attached to an aromatic ring is 1. The van der Waals surface area contributed by atoms with Crippen molar-refractivity contribution in [2.75, 3.05) is 11.1 Å². The van der Waals surface area contributed by atoms with Crippen LogP contribution in [-0.4, -0.2) is 20.2 Å². The molecule has 4 aromatic rings. The highest BCUT2D eigenvalue weighted by atomic mass is 32.1. The van der Waals surface area contributed by atoms with E-state index in [9.17, 15) is 0 Å². The fraction of sp³-hybridized carbons (Fsp3) is 0.435. The van der Waals surface area contributed by atoms with Gasteiger partial charge in [0.15, 0.2) is 10.8 Å². The standard InChI is InChI=1S/C23H24N6S/c24-23-28-22-17(30-23)8-13(9-25-22)21-19-12-4-2-1-3-11(7-12)18(19)20-14-10-26-29-15(14)5-6-16(20)27-21/h5-6,8-12,18-19,21,27H,1-4,7H2,(H,26,29)(H2,24,25,28)/t11?,12?,18?,19-,21?/m1/s1. The molecule has 0 saturated heterocycles. The van der Waals surface area contributed by atoms with Crippen molar-refractivity contribution in [2.45, 2.75) is 44.1 Å². The number of rotatable bonds is 1. The van der Waals surface area contributed by atoms with E-state index in [1.54, 1.807) is 0 Å². The Kier molecular flexibility index (Phi) is 3.51. The number of nitrogens with two attached hydrogens (primary N) is 1. The van der Waals surface area contributed by atoms with Gasteiger partial charge in [-0.3, -0.25) is 5.10 Å². The second-order valence-corrected chi connectivity index (χ2v) is 10.3. The maximum Gasteiger partial charge on any atom is 0.182 e. The number of aromatic amines is 1. The zero-order valence-corrected chi connectivity index (χ0v) is 17.5. The van der Waals surface area contributed by atoms with E-state index in [0.717, 1.165) is 27.7 Å². The van der Waals surface area contributed by atoms with Crippen molar-refractivity contribution in [3.05, 3.63) is 41.7 Å². The SMILES string of the molecule is Nc1nc2ncc(C3Nc4ccc5[nH]ncc5c4C4C5CCCCC(C5)[C@@H]34)cc2s1. The van der Waals surface area contributed by atoms with Gasteiger partial charge in [-0.05, 0) is 65.8 Å². The predicted molar refractivity (Wildman–Crippen MR) is 121 cm³/mol. The minimum atomic E-state index is 0.278. The zero-order chi connectivity index (χ0) is 19.8. The lowest BCUT2D eigenvalue weighted by molar-refractivity contribution is 0.269. The van der Waals surface area contributed by atoms with Crippen LogP contribution >= 0.6 is 11.3 Å². The van der Waals surface area contributed by atoms with Gasteiger partial charge < -0.3 is 11.1 Å². The maximum atomic E-state index is 5.94. The van der Waals surface area contributed by atoms with Gasteiger partial charge in [0.05, 0.1) is 22.5 Å². The van der Waals surface area contributed by atoms with Gasteiger partial charge in [0.2, 0.25) is 0 Å². The Labute approximate surface area is 178 Å². The van der Waals surface area contributed by atoms with Gasteiger partial charge >= 0.3 is 0 Å². The first-order chi connectivity index (χ1) is 14.8. The highest BCUT2D eigenvalue weighted by Crippen LogP contribution is 2.62. The summed E-state index contributed by atoms with van der Waals surface area (Å²) in [5, 5.41) is 13.4. The van der Waals surface area contributed by atoms with Crippen molar-refractivity contribution < 1.29 is 0 Å². The monoisotopic (exact) mass is 416 g/mol. The first kappa shape index (κ1) is 17.1. The first-order valence-corrected chi connectivity index (χ1v) is 11.8. The Morgan fingerprint density at radius 3 is 2.93 bits per heavy atom. The number of thiazole rings is 1. The highest BCUT2D eigenvalue weighted by Gasteiger charge is 2.51. The highest BCUT2D eigenvalue weighted by molar-refractivity contribution is 7.22. The van der Waals surface area contributed by atoms with E-state index in [-0.39, 0.29) is 6.04 Å². The summed E-state index contributed by atoms with van der Waals surface area (Å²) in [6.07, 6.45) is 10.8. The predicted octanol–water partition coefficient (Wildman–Crippen LogP) is 5.23. The summed E-state index contributed by atoms with van der Waals surface area (Å²) in [7, 11) is 0. The molecule has 2 aliphatic carbocycles. The Balaban J connectivity index is 1.43. The maximum absolute atomic E-state index is 5.94. The minimum Gasteiger partial charge on any atom is -0.378 e. The Morgan fingerprint density at radius 1 is 1.10 bits per heavy atom. The lowest BCUT2D eigenvalue weighted by Gasteiger charge is -2.42. The van der Waals surface area contributed by atoms with Gasteiger partial charge in [-0.2, -0.15) is 5.10 Å². The van der Waals surface area contributed by atoms with E-state index in [1.807, 2.05) is 12.4 Å². The number of nitrogens with one attached hydrogen (secondary N) is 2. The van der Waals surface area contributed by atoms with Gasteiger partial charge in [0, 0.05) is 17.3 Å². The number of pyridine rings is 1. The third kappa shape index (κ3) is 2.32. The number of hydrogen-bond acceptors (Lipinski definition) is 6. The average molecular weight is 417 g/mol. The second kappa shape index (κ2) is 6.17. The fourth-order valence-electron chi connectivity index (χ4n) is 6.74. The number of aromatic nitrogens is 4. The van der Waals surface area contributed by atoms with Crippen molar-refractivity contribution in [1.82, 2.24) is 20.2 Å². The molecule has 30 heavy (non-hydrogen) atoms. The molecule has 0 radical (unpaired) electrons. The van der Waals surface area contributed by atoms with Crippen LogP contribution in [0.15, 0.2) is 30.6 Å². The number of nitrogens with zero attached hydrogens (tertiary/aromatic N) is 3. The molecular weight excluding hydrogens is 392 g/mol. The van der Waals surface area contributed by atoms with Crippen LogP contribution in [0.2, 0.25) is 0 Å². The van der Waals surface area contributed by atoms with Crippen LogP contribution in [0.25, 0.3) is 21.3 Å². The molecule has 152 valence electrons. The first-order valence-electron chi connectivity index (χ1n) is 11.0. The van der Waals surface area contributed by atoms with Crippen LogP contribution in [0.3, 0.4) is 0 Å². The molecule has 2 saturated carbocycles. The molecular formula is C23H24N6S. The molecule has 0 amide bonds. The lowest BCUT2D eigenvalue weighted by atomic mass is 9.69. The normalized spacial score (nSPS) is 30.1. The molecule has 2 bridgehead atoms. The van der Waals surface area contributed by atoms with Crippen LogP contribution in [0, 0.1) is 17.8 Å². The molecule has 7 heteroatoms. The smallest absolute Gasteiger partial charge is 0.182 e. The quantitative estimate of drug-likeness (QED) is 0.395. The van der Waals surface area contributed by atoms with E-state index >= 15 is 0 Å². The Morgan fingerprint density at radius 2 is 2.00 bits per heavy atom. The van der Waals surface area contributed by atoms with Crippen LogP contribution in [0.1, 0.15) is 55.2 Å². The van der Waals surface area contributed by atoms with Crippen LogP contribution in [0.5, 0.6) is 0 Å². The van der Waals surface area contributed by atoms with E-state index in [0.29, 0.717) is 17.0 Å². The molecule has 2 fully saturated rings. The molecule has 5 atom stereocenters. The summed E-state index contributed by atoms with van der Waals surface area (Å²) in [6.45, 7) is 0. The Hall–Kier alpha value is -2.67. The van der Waals surface area contributed by atoms with Crippen molar-refractivity contribution in [2.24, 2.45) is 17.8 Å². The lowest BCUT2D eigenvalue weighted by Crippen LogP contribution is -2.34. The third-order valence-electron chi connectivity index (χ3n) is 7.81. The third-order valence-corrected chi connectivity index (χ3v) is 8.63. The van der Waals surface area contributed by atoms with Crippen LogP contribution in [0.4, 0.5) is 10.8 Å². The number of H-pyrrole nitrogens is 1. The molecule has 4 unspecified atom stereocenters. The summed E-state index contributed by atoms with van der Waals surface area (Å²) in [5.74, 6) is 2.70. The van der Waals surface area contributed by atoms with Gasteiger partial charge in [-0.1, -0.05) is 30.6 Å². The molecule has 6 nitrogen and oxygen atoms in total. The summed E-state index contributed by atoms with van der Waals surface area (Å²) < 4.78 is 1.08. The molecule has 1 aliphatic heterocycles. The molecule has 4 N–H and O–H groups in total. The van der Waals surface area contributed by atoms with Gasteiger partial charge in [-0.25, -0.2) is 9.97 Å². The summed E-state index contributed by atoms with van der Waals surface area (Å²) >= 11 is 1.53. The fourth-order valence-corrected chi connectivity index (χ4v) is 7.49. The van der Waals surface area contributed by atoms with E-state index in [4.69, 9.17) is 5.73 Å². The van der Waals surface area contributed by atoms with Crippen LogP contribution < -0.4 is 11.1 Å². The van der Waals surface area contributed by atoms with Crippen molar-refractivity contribution in [1.29, 1.82) is 0 Å². The summed E-state index contributed by atoms with van der Waals surface area (Å²) in [6, 6.07) is 6.94. The second-order valence-electron chi connectivity index (χ2n) is 9.27. The molecule has 3 aliphatic rings. The van der Waals surface area contributed by atoms with Gasteiger partial charge in [-0.15, -0.1) is 0 Å². The molecule has 0 spiro atoms. The zero-order valence-electron chi connectivity index (χ0n) is 16.6. The summed E-state index contributed by atoms with van der Waals surface area (Å²) in [4.78, 5) is 9.01. The van der Waals surface area contributed by atoms with E-state index in [1.165, 1.54) is 65.6 Å². The van der Waals surface area contributed by atoms with Crippen molar-refractivity contribution in [3.8, 4) is 0 Å². The van der Waals surface area contributed by atoms with Gasteiger partial charge in [0.25, 0.3) is 0 Å². The average Bonchev–Trinajstić information content (AvgIpc) is 3.40. The van der Waals surface area contributed by atoms with E-state index in [2.05, 4.69) is 43.7 Å². The Bertz CT molecular complexity index is 1280. The number of anilines is 2. The van der Waals surface area contributed by atoms with Gasteiger partial charge in [0.1, 0.15) is 0 Å². The van der Waals surface area contributed by atoms with Crippen molar-refractivity contribution in [3.63, 3.8) is 0 Å². The molecule has 4 heterocycles. The minimum absolute atomic E-state index is 0.278. The largest absolute Gasteiger partial charge is 0.378 e. The molecule has 7 rings (SSSR count). The summed E-state index contributed by atoms with van der Waals surface area (Å²) in [5.41, 5.74) is 11.9. The number of benzene rings is 1. The van der Waals surface area contributed by atoms with E-state index < -0.39 is 0 Å². The number of fused-ring (bicyclic) bond motifs is 10.